The predicted octanol–water partition coefficient (Wildman–Crippen LogP) is 2.35. The first-order valence-electron chi connectivity index (χ1n) is 6.39. The van der Waals surface area contributed by atoms with Gasteiger partial charge >= 0.3 is 0 Å². The molecule has 0 aliphatic carbocycles. The summed E-state index contributed by atoms with van der Waals surface area (Å²) in [4.78, 5) is 0. The van der Waals surface area contributed by atoms with Crippen LogP contribution in [0.5, 0.6) is 0 Å². The van der Waals surface area contributed by atoms with Crippen molar-refractivity contribution in [3.63, 3.8) is 0 Å². The van der Waals surface area contributed by atoms with Crippen molar-refractivity contribution in [2.45, 2.75) is 46.0 Å². The van der Waals surface area contributed by atoms with Crippen molar-refractivity contribution in [1.29, 1.82) is 0 Å². The zero-order valence-corrected chi connectivity index (χ0v) is 10.0. The van der Waals surface area contributed by atoms with Crippen LogP contribution in [0.3, 0.4) is 0 Å². The van der Waals surface area contributed by atoms with Crippen LogP contribution in [-0.2, 0) is 0 Å². The van der Waals surface area contributed by atoms with E-state index in [-0.39, 0.29) is 0 Å². The molecule has 1 fully saturated rings. The molecule has 1 aliphatic rings. The summed E-state index contributed by atoms with van der Waals surface area (Å²) in [5.74, 6) is 0. The molecule has 2 nitrogen and oxygen atoms in total. The third kappa shape index (κ3) is 3.58. The van der Waals surface area contributed by atoms with Crippen molar-refractivity contribution in [2.75, 3.05) is 32.8 Å². The van der Waals surface area contributed by atoms with Gasteiger partial charge in [-0.15, -0.1) is 0 Å². The molecule has 1 saturated heterocycles. The van der Waals surface area contributed by atoms with E-state index in [1.54, 1.807) is 0 Å². The van der Waals surface area contributed by atoms with E-state index >= 15 is 0 Å². The molecule has 1 unspecified atom stereocenters. The minimum Gasteiger partial charge on any atom is -0.310 e. The summed E-state index contributed by atoms with van der Waals surface area (Å²) >= 11 is 0. The molecule has 0 aromatic heterocycles. The van der Waals surface area contributed by atoms with Crippen LogP contribution in [0.25, 0.3) is 0 Å². The molecule has 1 N–H and O–H groups in total. The summed E-state index contributed by atoms with van der Waals surface area (Å²) in [5.41, 5.74) is 0. The van der Waals surface area contributed by atoms with Gasteiger partial charge in [0.1, 0.15) is 6.67 Å². The smallest absolute Gasteiger partial charge is 0.132 e. The standard InChI is InChI=1S/C12H27N2/c1-3-5-6-7-8-10-14(4-2)11-9-13-12-14/h13H,3-12H2,1-2H3/q+1. The summed E-state index contributed by atoms with van der Waals surface area (Å²) in [6, 6.07) is 0. The summed E-state index contributed by atoms with van der Waals surface area (Å²) in [6.07, 6.45) is 7.08. The molecule has 0 spiro atoms. The Bertz CT molecular complexity index is 139. The summed E-state index contributed by atoms with van der Waals surface area (Å²) in [7, 11) is 0. The number of likely N-dealkylation sites (N-methyl/N-ethyl adjacent to an activating group) is 1. The van der Waals surface area contributed by atoms with Crippen LogP contribution in [0.2, 0.25) is 0 Å². The van der Waals surface area contributed by atoms with Gasteiger partial charge in [-0.2, -0.15) is 0 Å². The van der Waals surface area contributed by atoms with Gasteiger partial charge in [0.25, 0.3) is 0 Å². The first kappa shape index (κ1) is 12.0. The van der Waals surface area contributed by atoms with Gasteiger partial charge in [-0.3, -0.25) is 5.32 Å². The van der Waals surface area contributed by atoms with Crippen LogP contribution in [0.15, 0.2) is 0 Å². The number of hydrogen-bond acceptors (Lipinski definition) is 1. The van der Waals surface area contributed by atoms with Crippen molar-refractivity contribution in [1.82, 2.24) is 5.32 Å². The second-order valence-corrected chi connectivity index (χ2v) is 4.68. The Hall–Kier alpha value is -0.0800. The van der Waals surface area contributed by atoms with Gasteiger partial charge in [-0.05, 0) is 19.8 Å². The van der Waals surface area contributed by atoms with E-state index in [4.69, 9.17) is 0 Å². The van der Waals surface area contributed by atoms with E-state index in [0.29, 0.717) is 0 Å². The van der Waals surface area contributed by atoms with Crippen molar-refractivity contribution >= 4 is 0 Å². The number of rotatable bonds is 7. The van der Waals surface area contributed by atoms with E-state index in [2.05, 4.69) is 19.2 Å². The van der Waals surface area contributed by atoms with Crippen molar-refractivity contribution in [3.05, 3.63) is 0 Å². The van der Waals surface area contributed by atoms with Crippen LogP contribution in [0.1, 0.15) is 46.0 Å². The molecule has 0 saturated carbocycles. The maximum absolute atomic E-state index is 3.49. The lowest BCUT2D eigenvalue weighted by Crippen LogP contribution is -2.47. The fourth-order valence-electron chi connectivity index (χ4n) is 2.38. The summed E-state index contributed by atoms with van der Waals surface area (Å²) in [6.45, 7) is 11.1. The highest BCUT2D eigenvalue weighted by Gasteiger charge is 2.28. The van der Waals surface area contributed by atoms with Gasteiger partial charge in [0, 0.05) is 6.54 Å². The zero-order chi connectivity index (χ0) is 10.3. The average molecular weight is 199 g/mol. The molecule has 1 heterocycles. The lowest BCUT2D eigenvalue weighted by molar-refractivity contribution is -0.915. The number of unbranched alkanes of at least 4 members (excludes halogenated alkanes) is 4. The zero-order valence-electron chi connectivity index (χ0n) is 10.0. The minimum absolute atomic E-state index is 1.21. The van der Waals surface area contributed by atoms with Crippen molar-refractivity contribution < 1.29 is 4.48 Å². The largest absolute Gasteiger partial charge is 0.310 e. The molecule has 0 aromatic rings. The molecule has 0 aromatic carbocycles. The number of quaternary nitrogens is 1. The Balaban J connectivity index is 2.08. The van der Waals surface area contributed by atoms with Crippen molar-refractivity contribution in [3.8, 4) is 0 Å². The normalized spacial score (nSPS) is 27.0. The molecular formula is C12H27N2+. The molecule has 1 rings (SSSR count). The topological polar surface area (TPSA) is 12.0 Å². The third-order valence-electron chi connectivity index (χ3n) is 3.62. The SMILES string of the molecule is CCCCCCC[N+]1(CC)CCNC1. The average Bonchev–Trinajstić information content (AvgIpc) is 2.67. The van der Waals surface area contributed by atoms with E-state index in [9.17, 15) is 0 Å². The molecule has 1 atom stereocenters. The van der Waals surface area contributed by atoms with Crippen LogP contribution in [-0.4, -0.2) is 37.3 Å². The highest BCUT2D eigenvalue weighted by molar-refractivity contribution is 4.54. The number of hydrogen-bond donors (Lipinski definition) is 1. The fourth-order valence-corrected chi connectivity index (χ4v) is 2.38. The van der Waals surface area contributed by atoms with Gasteiger partial charge in [0.15, 0.2) is 0 Å². The van der Waals surface area contributed by atoms with Gasteiger partial charge in [-0.25, -0.2) is 0 Å². The Morgan fingerprint density at radius 1 is 1.07 bits per heavy atom. The van der Waals surface area contributed by atoms with Gasteiger partial charge in [-0.1, -0.05) is 26.2 Å². The van der Waals surface area contributed by atoms with Gasteiger partial charge < -0.3 is 4.48 Å². The predicted molar refractivity (Wildman–Crippen MR) is 62.2 cm³/mol. The molecule has 14 heavy (non-hydrogen) atoms. The van der Waals surface area contributed by atoms with Gasteiger partial charge in [0.2, 0.25) is 0 Å². The Labute approximate surface area is 89.3 Å². The van der Waals surface area contributed by atoms with Crippen LogP contribution >= 0.6 is 0 Å². The minimum atomic E-state index is 1.21. The first-order chi connectivity index (χ1) is 6.83. The maximum Gasteiger partial charge on any atom is 0.132 e. The Kier molecular flexibility index (Phi) is 5.49. The lowest BCUT2D eigenvalue weighted by atomic mass is 10.1. The quantitative estimate of drug-likeness (QED) is 0.490. The van der Waals surface area contributed by atoms with Crippen LogP contribution in [0.4, 0.5) is 0 Å². The molecule has 1 aliphatic heterocycles. The lowest BCUT2D eigenvalue weighted by Gasteiger charge is -2.32. The fraction of sp³-hybridized carbons (Fsp3) is 1.00. The van der Waals surface area contributed by atoms with Gasteiger partial charge in [0.05, 0.1) is 19.6 Å². The summed E-state index contributed by atoms with van der Waals surface area (Å²) in [5, 5.41) is 3.49. The Morgan fingerprint density at radius 3 is 2.43 bits per heavy atom. The highest BCUT2D eigenvalue weighted by atomic mass is 15.4. The monoisotopic (exact) mass is 199 g/mol. The van der Waals surface area contributed by atoms with Crippen LogP contribution in [0, 0.1) is 0 Å². The van der Waals surface area contributed by atoms with E-state index in [0.717, 1.165) is 0 Å². The number of nitrogens with one attached hydrogen (secondary N) is 1. The second-order valence-electron chi connectivity index (χ2n) is 4.68. The molecule has 84 valence electrons. The van der Waals surface area contributed by atoms with E-state index in [1.165, 1.54) is 69.4 Å². The maximum atomic E-state index is 3.49. The second kappa shape index (κ2) is 6.41. The van der Waals surface area contributed by atoms with Crippen molar-refractivity contribution in [2.24, 2.45) is 0 Å². The molecule has 0 radical (unpaired) electrons. The number of nitrogens with zero attached hydrogens (tertiary/aromatic N) is 1. The molecule has 0 amide bonds. The van der Waals surface area contributed by atoms with Crippen LogP contribution < -0.4 is 5.32 Å². The third-order valence-corrected chi connectivity index (χ3v) is 3.62. The highest BCUT2D eigenvalue weighted by Crippen LogP contribution is 2.13. The Morgan fingerprint density at radius 2 is 1.86 bits per heavy atom. The molecule has 2 heteroatoms. The van der Waals surface area contributed by atoms with E-state index in [1.807, 2.05) is 0 Å². The molecular weight excluding hydrogens is 172 g/mol. The summed E-state index contributed by atoms with van der Waals surface area (Å²) < 4.78 is 1.33. The first-order valence-corrected chi connectivity index (χ1v) is 6.39. The van der Waals surface area contributed by atoms with E-state index < -0.39 is 0 Å². The molecule has 0 bridgehead atoms.